The van der Waals surface area contributed by atoms with Crippen molar-refractivity contribution in [2.45, 2.75) is 72.4 Å². The van der Waals surface area contributed by atoms with Gasteiger partial charge in [-0.05, 0) is 39.7 Å². The molecule has 1 rings (SSSR count). The average Bonchev–Trinajstić information content (AvgIpc) is 2.73. The van der Waals surface area contributed by atoms with Gasteiger partial charge in [-0.15, -0.1) is 0 Å². The highest BCUT2D eigenvalue weighted by atomic mass is 16.2. The fourth-order valence-corrected chi connectivity index (χ4v) is 2.38. The van der Waals surface area contributed by atoms with E-state index in [0.29, 0.717) is 6.54 Å². The summed E-state index contributed by atoms with van der Waals surface area (Å²) >= 11 is 0. The van der Waals surface area contributed by atoms with Crippen molar-refractivity contribution >= 4 is 6.03 Å². The number of amides is 2. The molecule has 0 bridgehead atoms. The van der Waals surface area contributed by atoms with E-state index in [0.717, 1.165) is 25.1 Å². The number of unbranched alkanes of at least 4 members (excludes halogenated alkanes) is 2. The molecule has 0 saturated heterocycles. The molecule has 21 heavy (non-hydrogen) atoms. The minimum Gasteiger partial charge on any atom is -0.338 e. The van der Waals surface area contributed by atoms with Gasteiger partial charge in [0.2, 0.25) is 0 Å². The molecule has 0 aromatic carbocycles. The van der Waals surface area contributed by atoms with Gasteiger partial charge in [0.1, 0.15) is 0 Å². The van der Waals surface area contributed by atoms with Crippen LogP contribution < -0.4 is 10.6 Å². The van der Waals surface area contributed by atoms with E-state index < -0.39 is 0 Å². The van der Waals surface area contributed by atoms with Crippen LogP contribution in [-0.2, 0) is 6.54 Å². The lowest BCUT2D eigenvalue weighted by atomic mass is 10.1. The largest absolute Gasteiger partial charge is 0.338 e. The zero-order valence-electron chi connectivity index (χ0n) is 13.9. The summed E-state index contributed by atoms with van der Waals surface area (Å²) in [5.74, 6) is 0. The number of carbonyl (C=O) groups excluding carboxylic acids is 1. The maximum Gasteiger partial charge on any atom is 0.314 e. The maximum absolute atomic E-state index is 11.7. The van der Waals surface area contributed by atoms with E-state index in [1.807, 2.05) is 11.6 Å². The summed E-state index contributed by atoms with van der Waals surface area (Å²) in [6.45, 7) is 9.81. The summed E-state index contributed by atoms with van der Waals surface area (Å²) in [5.41, 5.74) is 2.21. The van der Waals surface area contributed by atoms with Gasteiger partial charge in [0.05, 0.1) is 5.69 Å². The van der Waals surface area contributed by atoms with Gasteiger partial charge in [0, 0.05) is 24.8 Å². The average molecular weight is 294 g/mol. The zero-order chi connectivity index (χ0) is 15.7. The van der Waals surface area contributed by atoms with Crippen LogP contribution in [0.25, 0.3) is 0 Å². The highest BCUT2D eigenvalue weighted by Crippen LogP contribution is 2.03. The summed E-state index contributed by atoms with van der Waals surface area (Å²) < 4.78 is 1.99. The fraction of sp³-hybridized carbons (Fsp3) is 0.750. The van der Waals surface area contributed by atoms with E-state index in [2.05, 4.69) is 42.6 Å². The Labute approximate surface area is 128 Å². The molecule has 2 N–H and O–H groups in total. The van der Waals surface area contributed by atoms with Crippen molar-refractivity contribution in [3.05, 3.63) is 17.5 Å². The lowest BCUT2D eigenvalue weighted by molar-refractivity contribution is 0.236. The SMILES string of the molecule is CCCCCC(C)NC(=O)NCCCn1nc(C)cc1C. The summed E-state index contributed by atoms with van der Waals surface area (Å²) in [6.07, 6.45) is 5.56. The molecule has 0 saturated carbocycles. The molecular weight excluding hydrogens is 264 g/mol. The Hall–Kier alpha value is -1.52. The van der Waals surface area contributed by atoms with Crippen LogP contribution in [0.3, 0.4) is 0 Å². The van der Waals surface area contributed by atoms with Gasteiger partial charge in [-0.1, -0.05) is 26.2 Å². The minimum absolute atomic E-state index is 0.0626. The van der Waals surface area contributed by atoms with E-state index in [4.69, 9.17) is 0 Å². The second-order valence-electron chi connectivity index (χ2n) is 5.80. The first-order chi connectivity index (χ1) is 10.0. The molecule has 0 aliphatic heterocycles. The highest BCUT2D eigenvalue weighted by Gasteiger charge is 2.06. The zero-order valence-corrected chi connectivity index (χ0v) is 13.9. The molecule has 1 atom stereocenters. The van der Waals surface area contributed by atoms with Crippen molar-refractivity contribution in [2.75, 3.05) is 6.54 Å². The summed E-state index contributed by atoms with van der Waals surface area (Å²) in [5, 5.41) is 10.3. The van der Waals surface area contributed by atoms with Crippen LogP contribution in [0.15, 0.2) is 6.07 Å². The molecule has 2 amide bonds. The van der Waals surface area contributed by atoms with Crippen molar-refractivity contribution in [1.29, 1.82) is 0 Å². The van der Waals surface area contributed by atoms with Gasteiger partial charge in [-0.3, -0.25) is 4.68 Å². The summed E-state index contributed by atoms with van der Waals surface area (Å²) in [6, 6.07) is 2.25. The molecule has 5 nitrogen and oxygen atoms in total. The van der Waals surface area contributed by atoms with E-state index >= 15 is 0 Å². The van der Waals surface area contributed by atoms with Crippen molar-refractivity contribution in [3.63, 3.8) is 0 Å². The first-order valence-electron chi connectivity index (χ1n) is 8.08. The highest BCUT2D eigenvalue weighted by molar-refractivity contribution is 5.74. The van der Waals surface area contributed by atoms with Gasteiger partial charge < -0.3 is 10.6 Å². The number of nitrogens with one attached hydrogen (secondary N) is 2. The normalized spacial score (nSPS) is 12.2. The molecule has 1 unspecified atom stereocenters. The van der Waals surface area contributed by atoms with Crippen LogP contribution in [0, 0.1) is 13.8 Å². The minimum atomic E-state index is -0.0626. The Morgan fingerprint density at radius 1 is 1.33 bits per heavy atom. The van der Waals surface area contributed by atoms with Gasteiger partial charge in [0.25, 0.3) is 0 Å². The Bertz CT molecular complexity index is 428. The summed E-state index contributed by atoms with van der Waals surface area (Å²) in [7, 11) is 0. The van der Waals surface area contributed by atoms with Gasteiger partial charge >= 0.3 is 6.03 Å². The number of rotatable bonds is 9. The fourth-order valence-electron chi connectivity index (χ4n) is 2.38. The van der Waals surface area contributed by atoms with Crippen LogP contribution in [0.5, 0.6) is 0 Å². The van der Waals surface area contributed by atoms with Crippen molar-refractivity contribution < 1.29 is 4.79 Å². The Kier molecular flexibility index (Phi) is 7.87. The van der Waals surface area contributed by atoms with E-state index in [9.17, 15) is 4.79 Å². The van der Waals surface area contributed by atoms with Gasteiger partial charge in [0.15, 0.2) is 0 Å². The molecule has 0 radical (unpaired) electrons. The number of nitrogens with zero attached hydrogens (tertiary/aromatic N) is 2. The van der Waals surface area contributed by atoms with Gasteiger partial charge in [-0.2, -0.15) is 5.10 Å². The predicted molar refractivity (Wildman–Crippen MR) is 86.5 cm³/mol. The van der Waals surface area contributed by atoms with Crippen LogP contribution in [-0.4, -0.2) is 28.4 Å². The van der Waals surface area contributed by atoms with Crippen LogP contribution in [0.4, 0.5) is 4.79 Å². The maximum atomic E-state index is 11.7. The summed E-state index contributed by atoms with van der Waals surface area (Å²) in [4.78, 5) is 11.7. The molecule has 1 aromatic heterocycles. The lowest BCUT2D eigenvalue weighted by Crippen LogP contribution is -2.41. The first kappa shape index (κ1) is 17.5. The third kappa shape index (κ3) is 7.16. The Morgan fingerprint density at radius 3 is 2.71 bits per heavy atom. The van der Waals surface area contributed by atoms with Crippen LogP contribution in [0.1, 0.15) is 57.3 Å². The van der Waals surface area contributed by atoms with Crippen molar-refractivity contribution in [1.82, 2.24) is 20.4 Å². The molecular formula is C16H30N4O. The molecule has 1 aromatic rings. The van der Waals surface area contributed by atoms with E-state index in [-0.39, 0.29) is 12.1 Å². The number of aromatic nitrogens is 2. The molecule has 0 fully saturated rings. The second kappa shape index (κ2) is 9.42. The number of hydrogen-bond donors (Lipinski definition) is 2. The molecule has 120 valence electrons. The second-order valence-corrected chi connectivity index (χ2v) is 5.80. The van der Waals surface area contributed by atoms with E-state index in [1.54, 1.807) is 0 Å². The number of carbonyl (C=O) groups is 1. The Balaban J connectivity index is 2.11. The van der Waals surface area contributed by atoms with Crippen molar-refractivity contribution in [2.24, 2.45) is 0 Å². The molecule has 0 spiro atoms. The third-order valence-electron chi connectivity index (χ3n) is 3.55. The smallest absolute Gasteiger partial charge is 0.314 e. The van der Waals surface area contributed by atoms with Crippen LogP contribution >= 0.6 is 0 Å². The predicted octanol–water partition coefficient (Wildman–Crippen LogP) is 3.16. The lowest BCUT2D eigenvalue weighted by Gasteiger charge is -2.14. The molecule has 0 aliphatic carbocycles. The number of hydrogen-bond acceptors (Lipinski definition) is 2. The van der Waals surface area contributed by atoms with Gasteiger partial charge in [-0.25, -0.2) is 4.79 Å². The number of urea groups is 1. The topological polar surface area (TPSA) is 59.0 Å². The van der Waals surface area contributed by atoms with Crippen LogP contribution in [0.2, 0.25) is 0 Å². The van der Waals surface area contributed by atoms with E-state index in [1.165, 1.54) is 25.0 Å². The quantitative estimate of drug-likeness (QED) is 0.687. The standard InChI is InChI=1S/C16H30N4O/c1-5-6-7-9-13(2)18-16(21)17-10-8-11-20-15(4)12-14(3)19-20/h12-13H,5-11H2,1-4H3,(H2,17,18,21). The Morgan fingerprint density at radius 2 is 2.10 bits per heavy atom. The van der Waals surface area contributed by atoms with Crippen molar-refractivity contribution in [3.8, 4) is 0 Å². The molecule has 0 aliphatic rings. The number of aryl methyl sites for hydroxylation is 3. The first-order valence-corrected chi connectivity index (χ1v) is 8.08. The molecule has 5 heteroatoms. The third-order valence-corrected chi connectivity index (χ3v) is 3.55. The molecule has 1 heterocycles. The monoisotopic (exact) mass is 294 g/mol.